The van der Waals surface area contributed by atoms with Crippen LogP contribution < -0.4 is 0 Å². The summed E-state index contributed by atoms with van der Waals surface area (Å²) in [6.07, 6.45) is 9.09. The first-order valence-electron chi connectivity index (χ1n) is 5.21. The molecule has 0 radical (unpaired) electrons. The fourth-order valence-electron chi connectivity index (χ4n) is 3.51. The van der Waals surface area contributed by atoms with Gasteiger partial charge in [-0.15, -0.1) is 0 Å². The van der Waals surface area contributed by atoms with E-state index in [-0.39, 0.29) is 0 Å². The van der Waals surface area contributed by atoms with Gasteiger partial charge in [-0.2, -0.15) is 0 Å². The van der Waals surface area contributed by atoms with Gasteiger partial charge in [-0.05, 0) is 42.9 Å². The van der Waals surface area contributed by atoms with E-state index in [0.29, 0.717) is 0 Å². The zero-order valence-corrected chi connectivity index (χ0v) is 7.90. The molecular formula is C11H20. The predicted molar refractivity (Wildman–Crippen MR) is 48.5 cm³/mol. The molecule has 0 saturated heterocycles. The Morgan fingerprint density at radius 3 is 2.82 bits per heavy atom. The maximum absolute atomic E-state index is 2.53. The summed E-state index contributed by atoms with van der Waals surface area (Å²) in [5.74, 6) is 2.11. The normalized spacial score (nSPS) is 50.7. The van der Waals surface area contributed by atoms with Gasteiger partial charge in [0.2, 0.25) is 0 Å². The minimum absolute atomic E-state index is 0.762. The predicted octanol–water partition coefficient (Wildman–Crippen LogP) is 3.61. The Morgan fingerprint density at radius 1 is 1.27 bits per heavy atom. The molecule has 2 saturated carbocycles. The lowest BCUT2D eigenvalue weighted by Gasteiger charge is -2.36. The van der Waals surface area contributed by atoms with Gasteiger partial charge in [0.1, 0.15) is 0 Å². The lowest BCUT2D eigenvalue weighted by atomic mass is 9.70. The first-order chi connectivity index (χ1) is 5.21. The van der Waals surface area contributed by atoms with Crippen LogP contribution in [0.4, 0.5) is 0 Å². The highest BCUT2D eigenvalue weighted by Crippen LogP contribution is 2.53. The van der Waals surface area contributed by atoms with Crippen LogP contribution in [0.25, 0.3) is 0 Å². The van der Waals surface area contributed by atoms with Crippen molar-refractivity contribution in [3.05, 3.63) is 0 Å². The molecule has 3 atom stereocenters. The van der Waals surface area contributed by atoms with Crippen molar-refractivity contribution in [1.29, 1.82) is 0 Å². The molecule has 0 aromatic heterocycles. The molecule has 2 rings (SSSR count). The minimum atomic E-state index is 0.762. The molecule has 0 nitrogen and oxygen atoms in total. The van der Waals surface area contributed by atoms with Crippen LogP contribution in [0.15, 0.2) is 0 Å². The maximum atomic E-state index is 2.53. The Hall–Kier alpha value is 0. The highest BCUT2D eigenvalue weighted by atomic mass is 14.5. The van der Waals surface area contributed by atoms with E-state index >= 15 is 0 Å². The van der Waals surface area contributed by atoms with Crippen molar-refractivity contribution in [2.24, 2.45) is 17.3 Å². The second kappa shape index (κ2) is 2.50. The SMILES string of the molecule is CC1CC2CCCC[C@@]2(C)C1. The number of fused-ring (bicyclic) bond motifs is 1. The van der Waals surface area contributed by atoms with E-state index in [9.17, 15) is 0 Å². The highest BCUT2D eigenvalue weighted by molar-refractivity contribution is 4.93. The van der Waals surface area contributed by atoms with Gasteiger partial charge in [0.15, 0.2) is 0 Å². The van der Waals surface area contributed by atoms with E-state index < -0.39 is 0 Å². The average Bonchev–Trinajstić information content (AvgIpc) is 2.22. The summed E-state index contributed by atoms with van der Waals surface area (Å²) >= 11 is 0. The molecule has 0 heterocycles. The van der Waals surface area contributed by atoms with Gasteiger partial charge >= 0.3 is 0 Å². The van der Waals surface area contributed by atoms with Gasteiger partial charge in [0, 0.05) is 0 Å². The molecule has 2 aliphatic carbocycles. The first-order valence-corrected chi connectivity index (χ1v) is 5.21. The molecule has 0 amide bonds. The summed E-state index contributed by atoms with van der Waals surface area (Å²) in [5.41, 5.74) is 0.762. The zero-order chi connectivity index (χ0) is 7.90. The van der Waals surface area contributed by atoms with Gasteiger partial charge in [-0.3, -0.25) is 0 Å². The fraction of sp³-hybridized carbons (Fsp3) is 1.00. The fourth-order valence-corrected chi connectivity index (χ4v) is 3.51. The number of rotatable bonds is 0. The summed E-state index contributed by atoms with van der Waals surface area (Å²) in [5, 5.41) is 0. The molecule has 0 heteroatoms. The molecule has 2 aliphatic rings. The molecule has 2 fully saturated rings. The molecule has 0 spiro atoms. The lowest BCUT2D eigenvalue weighted by Crippen LogP contribution is -2.25. The van der Waals surface area contributed by atoms with Crippen LogP contribution in [-0.2, 0) is 0 Å². The van der Waals surface area contributed by atoms with Crippen molar-refractivity contribution in [2.75, 3.05) is 0 Å². The van der Waals surface area contributed by atoms with Gasteiger partial charge in [0.25, 0.3) is 0 Å². The molecule has 2 unspecified atom stereocenters. The summed E-state index contributed by atoms with van der Waals surface area (Å²) in [4.78, 5) is 0. The van der Waals surface area contributed by atoms with Crippen LogP contribution in [0.5, 0.6) is 0 Å². The zero-order valence-electron chi connectivity index (χ0n) is 7.90. The van der Waals surface area contributed by atoms with Crippen LogP contribution >= 0.6 is 0 Å². The highest BCUT2D eigenvalue weighted by Gasteiger charge is 2.42. The third-order valence-corrected chi connectivity index (χ3v) is 4.04. The molecular weight excluding hydrogens is 132 g/mol. The smallest absolute Gasteiger partial charge is 0.0295 e. The number of hydrogen-bond donors (Lipinski definition) is 0. The molecule has 0 N–H and O–H groups in total. The summed E-state index contributed by atoms with van der Waals surface area (Å²) in [6.45, 7) is 4.96. The van der Waals surface area contributed by atoms with E-state index in [1.807, 2.05) is 0 Å². The average molecular weight is 152 g/mol. The largest absolute Gasteiger partial charge is 0.0625 e. The first kappa shape index (κ1) is 7.64. The van der Waals surface area contributed by atoms with E-state index in [1.165, 1.54) is 38.5 Å². The van der Waals surface area contributed by atoms with Crippen molar-refractivity contribution >= 4 is 0 Å². The monoisotopic (exact) mass is 152 g/mol. The van der Waals surface area contributed by atoms with Gasteiger partial charge in [0.05, 0.1) is 0 Å². The molecule has 0 bridgehead atoms. The maximum Gasteiger partial charge on any atom is -0.0295 e. The minimum Gasteiger partial charge on any atom is -0.0625 e. The van der Waals surface area contributed by atoms with E-state index in [4.69, 9.17) is 0 Å². The third-order valence-electron chi connectivity index (χ3n) is 4.04. The van der Waals surface area contributed by atoms with Crippen LogP contribution in [0.2, 0.25) is 0 Å². The Morgan fingerprint density at radius 2 is 2.09 bits per heavy atom. The van der Waals surface area contributed by atoms with E-state index in [0.717, 1.165) is 17.3 Å². The second-order valence-corrected chi connectivity index (χ2v) is 5.14. The van der Waals surface area contributed by atoms with Crippen LogP contribution in [0.1, 0.15) is 52.4 Å². The van der Waals surface area contributed by atoms with Crippen molar-refractivity contribution in [3.8, 4) is 0 Å². The van der Waals surface area contributed by atoms with Crippen LogP contribution in [0, 0.1) is 17.3 Å². The third kappa shape index (κ3) is 1.21. The van der Waals surface area contributed by atoms with Gasteiger partial charge in [-0.25, -0.2) is 0 Å². The standard InChI is InChI=1S/C11H20/c1-9-7-10-5-3-4-6-11(10,2)8-9/h9-10H,3-8H2,1-2H3/t9?,10?,11-/m0/s1. The Kier molecular flexibility index (Phi) is 1.74. The van der Waals surface area contributed by atoms with Crippen molar-refractivity contribution < 1.29 is 0 Å². The van der Waals surface area contributed by atoms with Gasteiger partial charge < -0.3 is 0 Å². The molecule has 0 aromatic carbocycles. The Bertz CT molecular complexity index is 150. The van der Waals surface area contributed by atoms with E-state index in [1.54, 1.807) is 0 Å². The lowest BCUT2D eigenvalue weighted by molar-refractivity contribution is 0.152. The Labute approximate surface area is 70.4 Å². The second-order valence-electron chi connectivity index (χ2n) is 5.14. The summed E-state index contributed by atoms with van der Waals surface area (Å²) < 4.78 is 0. The molecule has 64 valence electrons. The van der Waals surface area contributed by atoms with Crippen LogP contribution in [0.3, 0.4) is 0 Å². The van der Waals surface area contributed by atoms with Crippen LogP contribution in [-0.4, -0.2) is 0 Å². The summed E-state index contributed by atoms with van der Waals surface area (Å²) in [6, 6.07) is 0. The quantitative estimate of drug-likeness (QED) is 0.497. The summed E-state index contributed by atoms with van der Waals surface area (Å²) in [7, 11) is 0. The molecule has 0 aromatic rings. The number of hydrogen-bond acceptors (Lipinski definition) is 0. The molecule has 0 aliphatic heterocycles. The Balaban J connectivity index is 2.11. The van der Waals surface area contributed by atoms with Crippen molar-refractivity contribution in [3.63, 3.8) is 0 Å². The van der Waals surface area contributed by atoms with Crippen molar-refractivity contribution in [1.82, 2.24) is 0 Å². The van der Waals surface area contributed by atoms with E-state index in [2.05, 4.69) is 13.8 Å². The van der Waals surface area contributed by atoms with Gasteiger partial charge in [-0.1, -0.05) is 26.7 Å². The molecule has 11 heavy (non-hydrogen) atoms. The van der Waals surface area contributed by atoms with Crippen molar-refractivity contribution in [2.45, 2.75) is 52.4 Å². The topological polar surface area (TPSA) is 0 Å².